The minimum atomic E-state index is 0.0511. The molecule has 1 N–H and O–H groups in total. The number of hydrogen-bond donors (Lipinski definition) is 1. The van der Waals surface area contributed by atoms with Gasteiger partial charge in [-0.05, 0) is 28.1 Å². The van der Waals surface area contributed by atoms with Crippen LogP contribution in [0.4, 0.5) is 5.69 Å². The first-order chi connectivity index (χ1) is 7.25. The minimum absolute atomic E-state index is 0.0511. The number of rotatable bonds is 3. The van der Waals surface area contributed by atoms with Crippen LogP contribution in [0.15, 0.2) is 28.7 Å². The maximum atomic E-state index is 11.6. The zero-order valence-electron chi connectivity index (χ0n) is 8.20. The highest BCUT2D eigenvalue weighted by Crippen LogP contribution is 2.22. The summed E-state index contributed by atoms with van der Waals surface area (Å²) in [6.45, 7) is 1.42. The Morgan fingerprint density at radius 1 is 1.47 bits per heavy atom. The van der Waals surface area contributed by atoms with Gasteiger partial charge in [-0.1, -0.05) is 12.1 Å². The molecule has 1 aromatic rings. The highest BCUT2D eigenvalue weighted by atomic mass is 79.9. The summed E-state index contributed by atoms with van der Waals surface area (Å²) in [7, 11) is 0. The van der Waals surface area contributed by atoms with Crippen molar-refractivity contribution in [2.24, 2.45) is 5.92 Å². The predicted molar refractivity (Wildman–Crippen MR) is 61.7 cm³/mol. The molecule has 0 spiro atoms. The third-order valence-corrected chi connectivity index (χ3v) is 3.02. The lowest BCUT2D eigenvalue weighted by molar-refractivity contribution is -0.121. The zero-order chi connectivity index (χ0) is 10.7. The molecule has 1 aromatic carbocycles. The average Bonchev–Trinajstić information content (AvgIpc) is 2.16. The number of para-hydroxylation sites is 1. The van der Waals surface area contributed by atoms with Crippen LogP contribution in [-0.2, 0) is 9.53 Å². The molecular formula is C11H12BrNO2. The average molecular weight is 270 g/mol. The topological polar surface area (TPSA) is 38.3 Å². The Morgan fingerprint density at radius 3 is 2.80 bits per heavy atom. The van der Waals surface area contributed by atoms with E-state index >= 15 is 0 Å². The zero-order valence-corrected chi connectivity index (χ0v) is 9.79. The second-order valence-electron chi connectivity index (χ2n) is 3.64. The summed E-state index contributed by atoms with van der Waals surface area (Å²) in [6, 6.07) is 7.59. The van der Waals surface area contributed by atoms with Crippen molar-refractivity contribution in [2.75, 3.05) is 18.5 Å². The Labute approximate surface area is 96.9 Å². The van der Waals surface area contributed by atoms with Crippen molar-refractivity contribution in [3.05, 3.63) is 28.7 Å². The Balaban J connectivity index is 1.90. The maximum Gasteiger partial charge on any atom is 0.224 e. The number of carbonyl (C=O) groups excluding carboxylic acids is 1. The molecule has 15 heavy (non-hydrogen) atoms. The lowest BCUT2D eigenvalue weighted by Crippen LogP contribution is -2.31. The van der Waals surface area contributed by atoms with E-state index < -0.39 is 0 Å². The normalized spacial score (nSPS) is 15.8. The van der Waals surface area contributed by atoms with Gasteiger partial charge in [0.2, 0.25) is 5.91 Å². The van der Waals surface area contributed by atoms with E-state index in [4.69, 9.17) is 4.74 Å². The molecule has 80 valence electrons. The van der Waals surface area contributed by atoms with Crippen LogP contribution in [0.3, 0.4) is 0 Å². The molecule has 2 rings (SSSR count). The molecule has 4 heteroatoms. The molecule has 1 aliphatic heterocycles. The molecule has 0 aliphatic carbocycles. The fourth-order valence-corrected chi connectivity index (χ4v) is 1.81. The molecular weight excluding hydrogens is 258 g/mol. The Bertz CT molecular complexity index is 363. The molecule has 0 unspecified atom stereocenters. The van der Waals surface area contributed by atoms with Gasteiger partial charge in [-0.2, -0.15) is 0 Å². The third-order valence-electron chi connectivity index (χ3n) is 2.33. The highest BCUT2D eigenvalue weighted by molar-refractivity contribution is 9.10. The van der Waals surface area contributed by atoms with Gasteiger partial charge in [-0.3, -0.25) is 4.79 Å². The number of amides is 1. The smallest absolute Gasteiger partial charge is 0.224 e. The molecule has 1 amide bonds. The van der Waals surface area contributed by atoms with E-state index in [1.54, 1.807) is 0 Å². The first-order valence-electron chi connectivity index (χ1n) is 4.88. The standard InChI is InChI=1S/C11H12BrNO2/c12-9-3-1-2-4-10(9)13-11(14)5-8-6-15-7-8/h1-4,8H,5-7H2,(H,13,14). The van der Waals surface area contributed by atoms with E-state index in [1.165, 1.54) is 0 Å². The van der Waals surface area contributed by atoms with Crippen LogP contribution in [0.1, 0.15) is 6.42 Å². The molecule has 0 aromatic heterocycles. The lowest BCUT2D eigenvalue weighted by atomic mass is 10.0. The minimum Gasteiger partial charge on any atom is -0.381 e. The Hall–Kier alpha value is -0.870. The summed E-state index contributed by atoms with van der Waals surface area (Å²) in [4.78, 5) is 11.6. The van der Waals surface area contributed by atoms with Gasteiger partial charge in [0.05, 0.1) is 18.9 Å². The van der Waals surface area contributed by atoms with Gasteiger partial charge < -0.3 is 10.1 Å². The van der Waals surface area contributed by atoms with Crippen molar-refractivity contribution in [1.82, 2.24) is 0 Å². The first-order valence-corrected chi connectivity index (χ1v) is 5.67. The van der Waals surface area contributed by atoms with Crippen LogP contribution in [-0.4, -0.2) is 19.1 Å². The largest absolute Gasteiger partial charge is 0.381 e. The van der Waals surface area contributed by atoms with Crippen LogP contribution in [0.5, 0.6) is 0 Å². The van der Waals surface area contributed by atoms with Crippen molar-refractivity contribution in [3.8, 4) is 0 Å². The summed E-state index contributed by atoms with van der Waals surface area (Å²) in [5.74, 6) is 0.447. The van der Waals surface area contributed by atoms with E-state index in [9.17, 15) is 4.79 Å². The number of hydrogen-bond acceptors (Lipinski definition) is 2. The summed E-state index contributed by atoms with van der Waals surface area (Å²) in [5.41, 5.74) is 0.822. The third kappa shape index (κ3) is 2.79. The van der Waals surface area contributed by atoms with Crippen LogP contribution in [0.2, 0.25) is 0 Å². The van der Waals surface area contributed by atoms with Crippen molar-refractivity contribution >= 4 is 27.5 Å². The molecule has 1 aliphatic rings. The molecule has 0 saturated carbocycles. The molecule has 1 fully saturated rings. The quantitative estimate of drug-likeness (QED) is 0.916. The van der Waals surface area contributed by atoms with Crippen LogP contribution >= 0.6 is 15.9 Å². The van der Waals surface area contributed by atoms with Crippen molar-refractivity contribution < 1.29 is 9.53 Å². The first kappa shape index (κ1) is 10.6. The van der Waals surface area contributed by atoms with Gasteiger partial charge in [0.25, 0.3) is 0 Å². The molecule has 0 atom stereocenters. The maximum absolute atomic E-state index is 11.6. The second kappa shape index (κ2) is 4.77. The summed E-state index contributed by atoms with van der Waals surface area (Å²) >= 11 is 3.38. The van der Waals surface area contributed by atoms with Gasteiger partial charge in [0.1, 0.15) is 0 Å². The monoisotopic (exact) mass is 269 g/mol. The number of ether oxygens (including phenoxy) is 1. The number of anilines is 1. The number of nitrogens with one attached hydrogen (secondary N) is 1. The lowest BCUT2D eigenvalue weighted by Gasteiger charge is -2.25. The molecule has 0 radical (unpaired) electrons. The van der Waals surface area contributed by atoms with Gasteiger partial charge in [0, 0.05) is 16.8 Å². The number of benzene rings is 1. The molecule has 3 nitrogen and oxygen atoms in total. The van der Waals surface area contributed by atoms with Crippen molar-refractivity contribution in [3.63, 3.8) is 0 Å². The van der Waals surface area contributed by atoms with Crippen LogP contribution in [0.25, 0.3) is 0 Å². The molecule has 1 saturated heterocycles. The second-order valence-corrected chi connectivity index (χ2v) is 4.49. The van der Waals surface area contributed by atoms with Crippen LogP contribution < -0.4 is 5.32 Å². The fraction of sp³-hybridized carbons (Fsp3) is 0.364. The Morgan fingerprint density at radius 2 is 2.20 bits per heavy atom. The summed E-state index contributed by atoms with van der Waals surface area (Å²) in [6.07, 6.45) is 0.543. The molecule has 0 bridgehead atoms. The van der Waals surface area contributed by atoms with E-state index in [1.807, 2.05) is 24.3 Å². The summed E-state index contributed by atoms with van der Waals surface area (Å²) < 4.78 is 5.93. The number of carbonyl (C=O) groups is 1. The van der Waals surface area contributed by atoms with Gasteiger partial charge >= 0.3 is 0 Å². The fourth-order valence-electron chi connectivity index (χ4n) is 1.43. The van der Waals surface area contributed by atoms with Gasteiger partial charge in [-0.25, -0.2) is 0 Å². The van der Waals surface area contributed by atoms with Gasteiger partial charge in [-0.15, -0.1) is 0 Å². The molecule has 1 heterocycles. The highest BCUT2D eigenvalue weighted by Gasteiger charge is 2.21. The van der Waals surface area contributed by atoms with E-state index in [-0.39, 0.29) is 5.91 Å². The van der Waals surface area contributed by atoms with Gasteiger partial charge in [0.15, 0.2) is 0 Å². The number of halogens is 1. The predicted octanol–water partition coefficient (Wildman–Crippen LogP) is 2.42. The van der Waals surface area contributed by atoms with Crippen molar-refractivity contribution in [1.29, 1.82) is 0 Å². The Kier molecular flexibility index (Phi) is 3.38. The van der Waals surface area contributed by atoms with E-state index in [2.05, 4.69) is 21.2 Å². The van der Waals surface area contributed by atoms with E-state index in [0.29, 0.717) is 25.6 Å². The van der Waals surface area contributed by atoms with Crippen molar-refractivity contribution in [2.45, 2.75) is 6.42 Å². The summed E-state index contributed by atoms with van der Waals surface area (Å²) in [5, 5.41) is 2.87. The SMILES string of the molecule is O=C(CC1COC1)Nc1ccccc1Br. The van der Waals surface area contributed by atoms with Crippen LogP contribution in [0, 0.1) is 5.92 Å². The van der Waals surface area contributed by atoms with E-state index in [0.717, 1.165) is 10.2 Å².